The number of rotatable bonds is 48. The Hall–Kier alpha value is -1.42. The minimum Gasteiger partial charge on any atom is -0.457 e. The van der Waals surface area contributed by atoms with Gasteiger partial charge in [0.25, 0.3) is 0 Å². The first-order chi connectivity index (χ1) is 32.1. The van der Waals surface area contributed by atoms with Crippen molar-refractivity contribution >= 4 is 16.4 Å². The fourth-order valence-corrected chi connectivity index (χ4v) is 8.94. The number of allylic oxidation sites excluding steroid dienone is 4. The van der Waals surface area contributed by atoms with E-state index in [1.807, 2.05) is 0 Å². The second-order valence-electron chi connectivity index (χ2n) is 18.8. The lowest BCUT2D eigenvalue weighted by molar-refractivity contribution is -0.301. The van der Waals surface area contributed by atoms with E-state index in [4.69, 9.17) is 18.9 Å². The van der Waals surface area contributed by atoms with E-state index in [1.54, 1.807) is 0 Å². The summed E-state index contributed by atoms with van der Waals surface area (Å²) in [5, 5.41) is 30.8. The number of ether oxygens (including phenoxy) is 4. The molecule has 12 nitrogen and oxygen atoms in total. The molecule has 6 unspecified atom stereocenters. The highest BCUT2D eigenvalue weighted by Crippen LogP contribution is 2.26. The topological polar surface area (TPSA) is 178 Å². The van der Waals surface area contributed by atoms with Crippen LogP contribution in [0, 0.1) is 0 Å². The van der Waals surface area contributed by atoms with Crippen molar-refractivity contribution in [3.8, 4) is 0 Å². The van der Waals surface area contributed by atoms with Gasteiger partial charge in [0.05, 0.1) is 19.8 Å². The predicted octanol–water partition coefficient (Wildman–Crippen LogP) is 12.8. The Morgan fingerprint density at radius 3 is 1.38 bits per heavy atom. The Kier molecular flexibility index (Phi) is 42.5. The largest absolute Gasteiger partial charge is 0.457 e. The molecule has 1 rings (SSSR count). The number of esters is 1. The van der Waals surface area contributed by atoms with Crippen molar-refractivity contribution in [1.29, 1.82) is 0 Å². The average molecular weight is 961 g/mol. The molecule has 0 aromatic rings. The molecule has 0 spiro atoms. The van der Waals surface area contributed by atoms with E-state index >= 15 is 0 Å². The maximum atomic E-state index is 12.9. The van der Waals surface area contributed by atoms with Crippen LogP contribution in [0.3, 0.4) is 0 Å². The summed E-state index contributed by atoms with van der Waals surface area (Å²) in [5.41, 5.74) is 0. The van der Waals surface area contributed by atoms with E-state index in [9.17, 15) is 33.1 Å². The van der Waals surface area contributed by atoms with E-state index in [0.29, 0.717) is 13.0 Å². The first kappa shape index (κ1) is 62.6. The quantitative estimate of drug-likeness (QED) is 0.0197. The van der Waals surface area contributed by atoms with Gasteiger partial charge in [-0.15, -0.1) is 0 Å². The Labute approximate surface area is 403 Å². The summed E-state index contributed by atoms with van der Waals surface area (Å²) in [6.45, 7) is 4.00. The molecular formula is C53H100O12S. The molecule has 1 fully saturated rings. The number of carbonyl (C=O) groups excluding carboxylic acids is 1. The molecule has 6 atom stereocenters. The zero-order valence-corrected chi connectivity index (χ0v) is 42.8. The number of carbonyl (C=O) groups is 1. The number of unbranched alkanes of at least 4 members (excludes halogenated alkanes) is 31. The van der Waals surface area contributed by atoms with Crippen LogP contribution in [-0.4, -0.2) is 97.5 Å². The van der Waals surface area contributed by atoms with E-state index in [0.717, 1.165) is 44.9 Å². The molecule has 1 saturated heterocycles. The molecule has 1 aliphatic rings. The molecule has 1 aliphatic heterocycles. The normalized spacial score (nSPS) is 19.6. The number of hydrogen-bond acceptors (Lipinski definition) is 11. The first-order valence-electron chi connectivity index (χ1n) is 27.1. The van der Waals surface area contributed by atoms with E-state index in [-0.39, 0.29) is 19.6 Å². The third kappa shape index (κ3) is 37.5. The molecule has 66 heavy (non-hydrogen) atoms. The molecule has 0 radical (unpaired) electrons. The van der Waals surface area contributed by atoms with Gasteiger partial charge >= 0.3 is 16.4 Å². The zero-order chi connectivity index (χ0) is 48.2. The number of aliphatic hydroxyl groups excluding tert-OH is 3. The second kappa shape index (κ2) is 44.8. The monoisotopic (exact) mass is 961 g/mol. The molecule has 4 N–H and O–H groups in total. The molecule has 390 valence electrons. The lowest BCUT2D eigenvalue weighted by Crippen LogP contribution is -2.60. The van der Waals surface area contributed by atoms with Crippen molar-refractivity contribution < 1.29 is 56.2 Å². The summed E-state index contributed by atoms with van der Waals surface area (Å²) in [6, 6.07) is 0. The van der Waals surface area contributed by atoms with Crippen LogP contribution < -0.4 is 0 Å². The van der Waals surface area contributed by atoms with Gasteiger partial charge in [-0.25, -0.2) is 4.18 Å². The van der Waals surface area contributed by atoms with E-state index in [1.165, 1.54) is 173 Å². The SMILES string of the molecule is CCCCCC/C=C\CCCCCCCCOCC(COC1OC(CO)C(O)C(OS(=O)(=O)O)C1O)OC(=O)CCCCCCCCCCCCCCC/C=C\CCCCCCCCCC. The molecule has 1 heterocycles. The van der Waals surface area contributed by atoms with Crippen LogP contribution >= 0.6 is 0 Å². The molecule has 0 bridgehead atoms. The average Bonchev–Trinajstić information content (AvgIpc) is 3.29. The van der Waals surface area contributed by atoms with Crippen LogP contribution in [0.2, 0.25) is 0 Å². The third-order valence-electron chi connectivity index (χ3n) is 12.5. The van der Waals surface area contributed by atoms with E-state index < -0.39 is 59.8 Å². The van der Waals surface area contributed by atoms with Crippen LogP contribution in [-0.2, 0) is 38.3 Å². The third-order valence-corrected chi connectivity index (χ3v) is 13.0. The predicted molar refractivity (Wildman–Crippen MR) is 267 cm³/mol. The smallest absolute Gasteiger partial charge is 0.397 e. The number of hydrogen-bond donors (Lipinski definition) is 4. The minimum absolute atomic E-state index is 0.0351. The Balaban J connectivity index is 2.29. The Morgan fingerprint density at radius 2 is 0.955 bits per heavy atom. The lowest BCUT2D eigenvalue weighted by atomic mass is 9.99. The second-order valence-corrected chi connectivity index (χ2v) is 19.9. The van der Waals surface area contributed by atoms with Crippen molar-refractivity contribution in [3.05, 3.63) is 24.3 Å². The van der Waals surface area contributed by atoms with Crippen LogP contribution in [0.25, 0.3) is 0 Å². The van der Waals surface area contributed by atoms with Crippen LogP contribution in [0.15, 0.2) is 24.3 Å². The van der Waals surface area contributed by atoms with Crippen LogP contribution in [0.4, 0.5) is 0 Å². The highest BCUT2D eigenvalue weighted by atomic mass is 32.3. The Morgan fingerprint density at radius 1 is 0.561 bits per heavy atom. The maximum Gasteiger partial charge on any atom is 0.397 e. The summed E-state index contributed by atoms with van der Waals surface area (Å²) < 4.78 is 59.3. The molecule has 13 heteroatoms. The zero-order valence-electron chi connectivity index (χ0n) is 42.0. The maximum absolute atomic E-state index is 12.9. The standard InChI is InChI=1S/C53H100O12S/c1-3-5-7-9-11-13-15-17-19-20-21-22-23-24-25-26-27-28-29-30-32-34-36-38-40-42-49(55)63-47(45-61-43-41-39-37-35-33-31-18-16-14-12-10-8-6-4-2)46-62-53-51(57)52(65-66(58,59)60)50(56)48(44-54)64-53/h14,16,20-21,47-48,50-54,56-57H,3-13,15,17-19,22-46H2,1-2H3,(H,58,59,60)/b16-14-,21-20-. The molecule has 0 aliphatic carbocycles. The molecular weight excluding hydrogens is 861 g/mol. The van der Waals surface area contributed by atoms with Gasteiger partial charge in [0, 0.05) is 13.0 Å². The van der Waals surface area contributed by atoms with Crippen molar-refractivity contribution in [2.75, 3.05) is 26.4 Å². The van der Waals surface area contributed by atoms with Gasteiger partial charge in [-0.3, -0.25) is 9.35 Å². The minimum atomic E-state index is -5.06. The molecule has 0 amide bonds. The van der Waals surface area contributed by atoms with Crippen molar-refractivity contribution in [2.45, 2.75) is 282 Å². The molecule has 0 saturated carbocycles. The van der Waals surface area contributed by atoms with Crippen molar-refractivity contribution in [1.82, 2.24) is 0 Å². The first-order valence-corrected chi connectivity index (χ1v) is 28.5. The van der Waals surface area contributed by atoms with Gasteiger partial charge in [-0.1, -0.05) is 199 Å². The highest BCUT2D eigenvalue weighted by Gasteiger charge is 2.48. The van der Waals surface area contributed by atoms with Gasteiger partial charge in [0.15, 0.2) is 6.29 Å². The van der Waals surface area contributed by atoms with Gasteiger partial charge in [-0.2, -0.15) is 8.42 Å². The van der Waals surface area contributed by atoms with Crippen molar-refractivity contribution in [3.63, 3.8) is 0 Å². The summed E-state index contributed by atoms with van der Waals surface area (Å²) in [6.07, 6.45) is 43.6. The lowest BCUT2D eigenvalue weighted by Gasteiger charge is -2.41. The summed E-state index contributed by atoms with van der Waals surface area (Å²) in [7, 11) is -5.06. The van der Waals surface area contributed by atoms with E-state index in [2.05, 4.69) is 42.3 Å². The summed E-state index contributed by atoms with van der Waals surface area (Å²) in [5.74, 6) is -0.398. The fourth-order valence-electron chi connectivity index (χ4n) is 8.43. The summed E-state index contributed by atoms with van der Waals surface area (Å²) in [4.78, 5) is 12.9. The highest BCUT2D eigenvalue weighted by molar-refractivity contribution is 7.80. The van der Waals surface area contributed by atoms with Crippen LogP contribution in [0.5, 0.6) is 0 Å². The number of aliphatic hydroxyl groups is 3. The summed E-state index contributed by atoms with van der Waals surface area (Å²) >= 11 is 0. The fraction of sp³-hybridized carbons (Fsp3) is 0.906. The molecule has 0 aromatic carbocycles. The van der Waals surface area contributed by atoms with Gasteiger partial charge in [0.1, 0.15) is 30.5 Å². The van der Waals surface area contributed by atoms with Crippen LogP contribution in [0.1, 0.15) is 245 Å². The van der Waals surface area contributed by atoms with Gasteiger partial charge < -0.3 is 34.3 Å². The van der Waals surface area contributed by atoms with Gasteiger partial charge in [0.2, 0.25) is 0 Å². The molecule has 0 aromatic heterocycles. The Bertz CT molecular complexity index is 1250. The van der Waals surface area contributed by atoms with Crippen molar-refractivity contribution in [2.24, 2.45) is 0 Å². The van der Waals surface area contributed by atoms with Gasteiger partial charge in [-0.05, 0) is 64.2 Å².